The number of aliphatic carboxylic acids is 1. The third kappa shape index (κ3) is 3.78. The largest absolute Gasteiger partial charge is 0.481 e. The van der Waals surface area contributed by atoms with Crippen LogP contribution in [0.15, 0.2) is 0 Å². The minimum atomic E-state index is -4.02. The van der Waals surface area contributed by atoms with E-state index in [1.807, 2.05) is 0 Å². The summed E-state index contributed by atoms with van der Waals surface area (Å²) in [5.74, 6) is -2.44. The molecule has 7 nitrogen and oxygen atoms in total. The van der Waals surface area contributed by atoms with E-state index in [-0.39, 0.29) is 31.8 Å². The van der Waals surface area contributed by atoms with Gasteiger partial charge >= 0.3 is 5.97 Å². The Bertz CT molecular complexity index is 389. The minimum Gasteiger partial charge on any atom is -0.481 e. The van der Waals surface area contributed by atoms with E-state index in [2.05, 4.69) is 0 Å². The van der Waals surface area contributed by atoms with Gasteiger partial charge in [0, 0.05) is 19.5 Å². The molecule has 1 fully saturated rings. The summed E-state index contributed by atoms with van der Waals surface area (Å²) in [5.41, 5.74) is 0. The van der Waals surface area contributed by atoms with Crippen LogP contribution in [0.4, 0.5) is 0 Å². The lowest BCUT2D eigenvalue weighted by molar-refractivity contribution is -0.141. The first-order valence-electron chi connectivity index (χ1n) is 4.75. The van der Waals surface area contributed by atoms with E-state index in [9.17, 15) is 18.0 Å². The highest BCUT2D eigenvalue weighted by molar-refractivity contribution is 7.85. The monoisotopic (exact) mass is 251 g/mol. The number of likely N-dealkylation sites (tertiary alicyclic amines) is 1. The summed E-state index contributed by atoms with van der Waals surface area (Å²) < 4.78 is 29.3. The molecule has 0 aliphatic carbocycles. The van der Waals surface area contributed by atoms with Crippen LogP contribution in [0.5, 0.6) is 0 Å². The molecule has 1 unspecified atom stereocenters. The van der Waals surface area contributed by atoms with E-state index in [1.54, 1.807) is 0 Å². The van der Waals surface area contributed by atoms with Crippen LogP contribution in [0.3, 0.4) is 0 Å². The topological polar surface area (TPSA) is 112 Å². The quantitative estimate of drug-likeness (QED) is 0.618. The number of carboxylic acids is 1. The van der Waals surface area contributed by atoms with Crippen molar-refractivity contribution in [1.82, 2.24) is 4.90 Å². The van der Waals surface area contributed by atoms with E-state index in [0.29, 0.717) is 0 Å². The molecule has 0 bridgehead atoms. The smallest absolute Gasteiger partial charge is 0.308 e. The van der Waals surface area contributed by atoms with Crippen LogP contribution in [0.25, 0.3) is 0 Å². The molecule has 1 saturated heterocycles. The van der Waals surface area contributed by atoms with Gasteiger partial charge in [-0.05, 0) is 6.42 Å². The van der Waals surface area contributed by atoms with Gasteiger partial charge in [0.25, 0.3) is 10.1 Å². The van der Waals surface area contributed by atoms with Crippen LogP contribution in [0.1, 0.15) is 12.8 Å². The van der Waals surface area contributed by atoms with Gasteiger partial charge in [-0.25, -0.2) is 0 Å². The van der Waals surface area contributed by atoms with Crippen molar-refractivity contribution >= 4 is 22.0 Å². The number of amides is 1. The van der Waals surface area contributed by atoms with Crippen LogP contribution in [0, 0.1) is 5.92 Å². The first-order chi connectivity index (χ1) is 7.29. The molecule has 2 N–H and O–H groups in total. The van der Waals surface area contributed by atoms with Crippen molar-refractivity contribution in [2.75, 3.05) is 18.8 Å². The fourth-order valence-corrected chi connectivity index (χ4v) is 2.09. The fourth-order valence-electron chi connectivity index (χ4n) is 1.59. The van der Waals surface area contributed by atoms with E-state index in [1.165, 1.54) is 4.90 Å². The lowest BCUT2D eigenvalue weighted by atomic mass is 10.1. The number of nitrogens with zero attached hydrogens (tertiary/aromatic N) is 1. The summed E-state index contributed by atoms with van der Waals surface area (Å²) >= 11 is 0. The Kier molecular flexibility index (Phi) is 3.87. The average Bonchev–Trinajstić information content (AvgIpc) is 2.46. The molecule has 1 rings (SSSR count). The molecule has 1 amide bonds. The zero-order valence-corrected chi connectivity index (χ0v) is 9.31. The van der Waals surface area contributed by atoms with Gasteiger partial charge < -0.3 is 10.0 Å². The lowest BCUT2D eigenvalue weighted by Gasteiger charge is -2.14. The van der Waals surface area contributed by atoms with Crippen molar-refractivity contribution in [2.45, 2.75) is 12.8 Å². The highest BCUT2D eigenvalue weighted by atomic mass is 32.2. The van der Waals surface area contributed by atoms with Crippen molar-refractivity contribution < 1.29 is 27.7 Å². The van der Waals surface area contributed by atoms with Gasteiger partial charge in [0.15, 0.2) is 0 Å². The van der Waals surface area contributed by atoms with Crippen molar-refractivity contribution in [3.05, 3.63) is 0 Å². The number of carbonyl (C=O) groups excluding carboxylic acids is 1. The summed E-state index contributed by atoms with van der Waals surface area (Å²) in [7, 11) is -4.02. The zero-order chi connectivity index (χ0) is 12.3. The van der Waals surface area contributed by atoms with Gasteiger partial charge in [0.05, 0.1) is 11.7 Å². The molecular weight excluding hydrogens is 238 g/mol. The van der Waals surface area contributed by atoms with E-state index in [4.69, 9.17) is 9.66 Å². The Hall–Kier alpha value is -1.15. The summed E-state index contributed by atoms with van der Waals surface area (Å²) in [6.45, 7) is 0.266. The molecule has 1 atom stereocenters. The Morgan fingerprint density at radius 2 is 2.12 bits per heavy atom. The number of carbonyl (C=O) groups is 2. The fraction of sp³-hybridized carbons (Fsp3) is 0.750. The number of hydrogen-bond donors (Lipinski definition) is 2. The van der Waals surface area contributed by atoms with Crippen molar-refractivity contribution in [3.8, 4) is 0 Å². The highest BCUT2D eigenvalue weighted by Gasteiger charge is 2.33. The Labute approximate surface area is 92.8 Å². The first kappa shape index (κ1) is 12.9. The molecule has 0 radical (unpaired) electrons. The van der Waals surface area contributed by atoms with Crippen LogP contribution in [-0.4, -0.2) is 53.7 Å². The molecule has 16 heavy (non-hydrogen) atoms. The summed E-state index contributed by atoms with van der Waals surface area (Å²) in [4.78, 5) is 23.2. The molecule has 0 aromatic heterocycles. The average molecular weight is 251 g/mol. The Morgan fingerprint density at radius 3 is 2.56 bits per heavy atom. The maximum atomic E-state index is 11.3. The van der Waals surface area contributed by atoms with Crippen LogP contribution in [0.2, 0.25) is 0 Å². The van der Waals surface area contributed by atoms with Gasteiger partial charge in [0.2, 0.25) is 5.91 Å². The standard InChI is InChI=1S/C8H13NO6S/c10-7-4-6(8(11)12)5-9(7)2-1-3-16(13,14)15/h6H,1-5H2,(H,11,12)(H,13,14,15). The second kappa shape index (κ2) is 4.79. The second-order valence-corrected chi connectivity index (χ2v) is 5.29. The predicted octanol–water partition coefficient (Wildman–Crippen LogP) is -0.803. The van der Waals surface area contributed by atoms with Crippen LogP contribution >= 0.6 is 0 Å². The van der Waals surface area contributed by atoms with Crippen LogP contribution < -0.4 is 0 Å². The third-order valence-electron chi connectivity index (χ3n) is 2.39. The second-order valence-electron chi connectivity index (χ2n) is 3.72. The summed E-state index contributed by atoms with van der Waals surface area (Å²) in [6, 6.07) is 0. The number of carboxylic acid groups (broad SMARTS) is 1. The molecule has 1 aliphatic heterocycles. The van der Waals surface area contributed by atoms with Gasteiger partial charge in [-0.3, -0.25) is 14.1 Å². The molecule has 0 aromatic rings. The molecule has 0 saturated carbocycles. The maximum absolute atomic E-state index is 11.3. The Balaban J connectivity index is 2.39. The Morgan fingerprint density at radius 1 is 1.50 bits per heavy atom. The van der Waals surface area contributed by atoms with E-state index >= 15 is 0 Å². The van der Waals surface area contributed by atoms with Gasteiger partial charge in [0.1, 0.15) is 0 Å². The predicted molar refractivity (Wildman–Crippen MR) is 53.4 cm³/mol. The van der Waals surface area contributed by atoms with Gasteiger partial charge in [-0.15, -0.1) is 0 Å². The SMILES string of the molecule is O=C(O)C1CC(=O)N(CCCS(=O)(=O)O)C1. The molecule has 1 aliphatic rings. The summed E-state index contributed by atoms with van der Waals surface area (Å²) in [5, 5.41) is 8.69. The maximum Gasteiger partial charge on any atom is 0.308 e. The minimum absolute atomic E-state index is 0.0405. The molecule has 0 aromatic carbocycles. The normalized spacial score (nSPS) is 21.4. The van der Waals surface area contributed by atoms with Gasteiger partial charge in [-0.2, -0.15) is 8.42 Å². The van der Waals surface area contributed by atoms with Crippen molar-refractivity contribution in [1.29, 1.82) is 0 Å². The number of rotatable bonds is 5. The summed E-state index contributed by atoms with van der Waals surface area (Å²) in [6.07, 6.45) is 0.0676. The van der Waals surface area contributed by atoms with Gasteiger partial charge in [-0.1, -0.05) is 0 Å². The molecule has 0 spiro atoms. The van der Waals surface area contributed by atoms with E-state index < -0.39 is 27.8 Å². The zero-order valence-electron chi connectivity index (χ0n) is 8.50. The highest BCUT2D eigenvalue weighted by Crippen LogP contribution is 2.17. The lowest BCUT2D eigenvalue weighted by Crippen LogP contribution is -2.28. The van der Waals surface area contributed by atoms with E-state index in [0.717, 1.165) is 0 Å². The molecule has 92 valence electrons. The number of hydrogen-bond acceptors (Lipinski definition) is 4. The first-order valence-corrected chi connectivity index (χ1v) is 6.36. The third-order valence-corrected chi connectivity index (χ3v) is 3.20. The molecule has 8 heteroatoms. The van der Waals surface area contributed by atoms with Crippen molar-refractivity contribution in [2.24, 2.45) is 5.92 Å². The molecule has 1 heterocycles. The van der Waals surface area contributed by atoms with Crippen LogP contribution in [-0.2, 0) is 19.7 Å². The van der Waals surface area contributed by atoms with Crippen molar-refractivity contribution in [3.63, 3.8) is 0 Å². The molecular formula is C8H13NO6S.